The van der Waals surface area contributed by atoms with Crippen molar-refractivity contribution in [1.29, 1.82) is 0 Å². The molecule has 1 amide bonds. The number of rotatable bonds is 3. The highest BCUT2D eigenvalue weighted by atomic mass is 19.2. The molecule has 0 atom stereocenters. The normalized spacial score (nSPS) is 10.4. The first-order valence-electron chi connectivity index (χ1n) is 5.51. The zero-order chi connectivity index (χ0) is 16.4. The Morgan fingerprint density at radius 3 is 1.95 bits per heavy atom. The molecule has 22 heavy (non-hydrogen) atoms. The maximum Gasteiger partial charge on any atom is 0.356 e. The number of hydrogen-bond acceptors (Lipinski definition) is 4. The van der Waals surface area contributed by atoms with E-state index in [9.17, 15) is 27.2 Å². The highest BCUT2D eigenvalue weighted by Gasteiger charge is 2.25. The molecule has 0 spiro atoms. The van der Waals surface area contributed by atoms with Crippen LogP contribution in [0.15, 0.2) is 18.5 Å². The van der Waals surface area contributed by atoms with Crippen molar-refractivity contribution in [2.24, 2.45) is 0 Å². The van der Waals surface area contributed by atoms with E-state index in [1.54, 1.807) is 0 Å². The molecule has 0 saturated carbocycles. The SMILES string of the molecule is O=C(O)c1nccnc1C(=O)Nc1c(F)c(F)cc(F)c1F. The molecule has 0 fully saturated rings. The summed E-state index contributed by atoms with van der Waals surface area (Å²) in [5, 5.41) is 10.4. The first-order chi connectivity index (χ1) is 10.3. The summed E-state index contributed by atoms with van der Waals surface area (Å²) in [6.45, 7) is 0. The Bertz CT molecular complexity index is 756. The quantitative estimate of drug-likeness (QED) is 0.667. The van der Waals surface area contributed by atoms with Crippen molar-refractivity contribution in [2.75, 3.05) is 5.32 Å². The molecule has 0 radical (unpaired) electrons. The van der Waals surface area contributed by atoms with Gasteiger partial charge < -0.3 is 10.4 Å². The minimum atomic E-state index is -1.84. The number of halogens is 4. The van der Waals surface area contributed by atoms with E-state index in [1.165, 1.54) is 5.32 Å². The Balaban J connectivity index is 2.45. The Morgan fingerprint density at radius 1 is 0.955 bits per heavy atom. The molecule has 6 nitrogen and oxygen atoms in total. The number of carbonyl (C=O) groups is 2. The van der Waals surface area contributed by atoms with Crippen LogP contribution in [0.4, 0.5) is 23.2 Å². The van der Waals surface area contributed by atoms with Crippen molar-refractivity contribution in [1.82, 2.24) is 9.97 Å². The van der Waals surface area contributed by atoms with Crippen molar-refractivity contribution >= 4 is 17.6 Å². The molecule has 2 rings (SSSR count). The zero-order valence-electron chi connectivity index (χ0n) is 10.4. The van der Waals surface area contributed by atoms with E-state index in [1.807, 2.05) is 0 Å². The minimum Gasteiger partial charge on any atom is -0.476 e. The molecule has 2 aromatic rings. The lowest BCUT2D eigenvalue weighted by Gasteiger charge is -2.09. The van der Waals surface area contributed by atoms with Crippen LogP contribution in [0.1, 0.15) is 21.0 Å². The lowest BCUT2D eigenvalue weighted by molar-refractivity contribution is 0.0685. The monoisotopic (exact) mass is 315 g/mol. The number of aromatic nitrogens is 2. The molecular weight excluding hydrogens is 310 g/mol. The van der Waals surface area contributed by atoms with Gasteiger partial charge in [-0.25, -0.2) is 32.3 Å². The van der Waals surface area contributed by atoms with Gasteiger partial charge in [-0.15, -0.1) is 0 Å². The molecule has 1 aromatic carbocycles. The molecule has 0 unspecified atom stereocenters. The Hall–Kier alpha value is -3.04. The number of carboxylic acid groups (broad SMARTS) is 1. The van der Waals surface area contributed by atoms with Crippen LogP contribution in [0.2, 0.25) is 0 Å². The number of hydrogen-bond donors (Lipinski definition) is 2. The molecule has 2 N–H and O–H groups in total. The number of nitrogens with zero attached hydrogens (tertiary/aromatic N) is 2. The summed E-state index contributed by atoms with van der Waals surface area (Å²) in [6, 6.07) is -0.0364. The fourth-order valence-corrected chi connectivity index (χ4v) is 1.52. The van der Waals surface area contributed by atoms with Gasteiger partial charge in [-0.1, -0.05) is 0 Å². The van der Waals surface area contributed by atoms with Gasteiger partial charge in [0.2, 0.25) is 0 Å². The van der Waals surface area contributed by atoms with Crippen LogP contribution in [0.5, 0.6) is 0 Å². The van der Waals surface area contributed by atoms with Gasteiger partial charge in [0.25, 0.3) is 5.91 Å². The van der Waals surface area contributed by atoms with Gasteiger partial charge in [0.05, 0.1) is 0 Å². The van der Waals surface area contributed by atoms with Gasteiger partial charge in [0, 0.05) is 18.5 Å². The van der Waals surface area contributed by atoms with Crippen molar-refractivity contribution in [3.8, 4) is 0 Å². The minimum absolute atomic E-state index is 0.0364. The van der Waals surface area contributed by atoms with Crippen molar-refractivity contribution in [3.05, 3.63) is 53.1 Å². The van der Waals surface area contributed by atoms with E-state index in [0.29, 0.717) is 0 Å². The molecule has 0 aliphatic carbocycles. The maximum atomic E-state index is 13.4. The van der Waals surface area contributed by atoms with E-state index in [2.05, 4.69) is 9.97 Å². The maximum absolute atomic E-state index is 13.4. The molecular formula is C12H5F4N3O3. The molecule has 1 aromatic heterocycles. The van der Waals surface area contributed by atoms with Crippen LogP contribution in [0, 0.1) is 23.3 Å². The van der Waals surface area contributed by atoms with Crippen LogP contribution < -0.4 is 5.32 Å². The van der Waals surface area contributed by atoms with Gasteiger partial charge in [-0.2, -0.15) is 0 Å². The summed E-state index contributed by atoms with van der Waals surface area (Å²) in [4.78, 5) is 29.5. The van der Waals surface area contributed by atoms with E-state index in [0.717, 1.165) is 12.4 Å². The van der Waals surface area contributed by atoms with Crippen LogP contribution in [-0.2, 0) is 0 Å². The average molecular weight is 315 g/mol. The van der Waals surface area contributed by atoms with Gasteiger partial charge in [-0.05, 0) is 0 Å². The highest BCUT2D eigenvalue weighted by Crippen LogP contribution is 2.24. The van der Waals surface area contributed by atoms with Gasteiger partial charge in [0.1, 0.15) is 5.69 Å². The second kappa shape index (κ2) is 5.76. The number of carbonyl (C=O) groups excluding carboxylic acids is 1. The topological polar surface area (TPSA) is 92.2 Å². The summed E-state index contributed by atoms with van der Waals surface area (Å²) in [5.74, 6) is -10.2. The lowest BCUT2D eigenvalue weighted by Crippen LogP contribution is -2.21. The summed E-state index contributed by atoms with van der Waals surface area (Å²) < 4.78 is 52.9. The molecule has 0 bridgehead atoms. The third-order valence-corrected chi connectivity index (χ3v) is 2.47. The highest BCUT2D eigenvalue weighted by molar-refractivity contribution is 6.08. The lowest BCUT2D eigenvalue weighted by atomic mass is 10.2. The fraction of sp³-hybridized carbons (Fsp3) is 0. The van der Waals surface area contributed by atoms with E-state index in [-0.39, 0.29) is 6.07 Å². The first-order valence-corrected chi connectivity index (χ1v) is 5.51. The number of benzene rings is 1. The van der Waals surface area contributed by atoms with Gasteiger partial charge in [0.15, 0.2) is 34.7 Å². The second-order valence-electron chi connectivity index (χ2n) is 3.86. The largest absolute Gasteiger partial charge is 0.476 e. The average Bonchev–Trinajstić information content (AvgIpc) is 2.49. The van der Waals surface area contributed by atoms with Gasteiger partial charge in [-0.3, -0.25) is 4.79 Å². The molecule has 10 heteroatoms. The van der Waals surface area contributed by atoms with Crippen molar-refractivity contribution in [2.45, 2.75) is 0 Å². The number of anilines is 1. The molecule has 0 aliphatic heterocycles. The number of aromatic carboxylic acids is 1. The summed E-state index contributed by atoms with van der Waals surface area (Å²) in [5.41, 5.74) is -2.97. The third-order valence-electron chi connectivity index (χ3n) is 2.47. The third kappa shape index (κ3) is 2.71. The Morgan fingerprint density at radius 2 is 1.45 bits per heavy atom. The van der Waals surface area contributed by atoms with E-state index in [4.69, 9.17) is 5.11 Å². The number of carboxylic acids is 1. The van der Waals surface area contributed by atoms with E-state index >= 15 is 0 Å². The van der Waals surface area contributed by atoms with Crippen LogP contribution >= 0.6 is 0 Å². The summed E-state index contributed by atoms with van der Waals surface area (Å²) in [6.07, 6.45) is 1.93. The smallest absolute Gasteiger partial charge is 0.356 e. The molecule has 1 heterocycles. The number of amides is 1. The van der Waals surface area contributed by atoms with Crippen LogP contribution in [0.25, 0.3) is 0 Å². The number of nitrogens with one attached hydrogen (secondary N) is 1. The van der Waals surface area contributed by atoms with Crippen LogP contribution in [-0.4, -0.2) is 27.0 Å². The first kappa shape index (κ1) is 15.4. The summed E-state index contributed by atoms with van der Waals surface area (Å²) in [7, 11) is 0. The van der Waals surface area contributed by atoms with Crippen LogP contribution in [0.3, 0.4) is 0 Å². The second-order valence-corrected chi connectivity index (χ2v) is 3.86. The Kier molecular flexibility index (Phi) is 4.02. The van der Waals surface area contributed by atoms with Crippen molar-refractivity contribution < 1.29 is 32.3 Å². The molecule has 114 valence electrons. The molecule has 0 saturated heterocycles. The van der Waals surface area contributed by atoms with Gasteiger partial charge >= 0.3 is 5.97 Å². The molecule has 0 aliphatic rings. The predicted octanol–water partition coefficient (Wildman–Crippen LogP) is 1.98. The standard InChI is InChI=1S/C12H5F4N3O3/c13-4-3-5(14)7(16)8(6(4)15)19-11(20)9-10(12(21)22)18-2-1-17-9/h1-3H,(H,19,20)(H,21,22). The van der Waals surface area contributed by atoms with Crippen molar-refractivity contribution in [3.63, 3.8) is 0 Å². The summed E-state index contributed by atoms with van der Waals surface area (Å²) >= 11 is 0. The zero-order valence-corrected chi connectivity index (χ0v) is 10.4. The Labute approximate surface area is 119 Å². The predicted molar refractivity (Wildman–Crippen MR) is 63.2 cm³/mol. The fourth-order valence-electron chi connectivity index (χ4n) is 1.52. The van der Waals surface area contributed by atoms with E-state index < -0.39 is 52.2 Å².